The minimum Gasteiger partial charge on any atom is -0.493 e. The molecule has 6 nitrogen and oxygen atoms in total. The fraction of sp³-hybridized carbons (Fsp3) is 0.409. The van der Waals surface area contributed by atoms with E-state index in [2.05, 4.69) is 17.0 Å². The molecular weight excluding hydrogens is 356 g/mol. The first-order chi connectivity index (χ1) is 13.7. The summed E-state index contributed by atoms with van der Waals surface area (Å²) < 4.78 is 17.9. The van der Waals surface area contributed by atoms with Gasteiger partial charge in [0.05, 0.1) is 19.7 Å². The van der Waals surface area contributed by atoms with Crippen molar-refractivity contribution < 1.29 is 13.9 Å². The third-order valence-electron chi connectivity index (χ3n) is 5.48. The molecule has 0 N–H and O–H groups in total. The van der Waals surface area contributed by atoms with E-state index in [1.54, 1.807) is 18.8 Å². The van der Waals surface area contributed by atoms with Crippen LogP contribution in [0.15, 0.2) is 45.6 Å². The third kappa shape index (κ3) is 3.64. The molecule has 6 heteroatoms. The van der Waals surface area contributed by atoms with Gasteiger partial charge in [-0.1, -0.05) is 12.1 Å². The second kappa shape index (κ2) is 8.10. The molecule has 3 aromatic rings. The summed E-state index contributed by atoms with van der Waals surface area (Å²) in [6, 6.07) is 11.8. The standard InChI is InChI=1S/C22H26N2O4/c1-26-20-13-16-9-12-23(15-17(16)14-21(20)27-2)10-5-6-11-24-18-7-3-4-8-19(18)28-22(24)25/h3-4,7-8,13-14H,5-6,9-12,15H2,1-2H3. The number of unbranched alkanes of at least 4 members (excludes halogenated alkanes) is 1. The van der Waals surface area contributed by atoms with E-state index < -0.39 is 0 Å². The van der Waals surface area contributed by atoms with Gasteiger partial charge in [-0.3, -0.25) is 9.47 Å². The molecule has 0 spiro atoms. The smallest absolute Gasteiger partial charge is 0.419 e. The zero-order valence-electron chi connectivity index (χ0n) is 16.4. The Balaban J connectivity index is 1.34. The van der Waals surface area contributed by atoms with Gasteiger partial charge in [-0.05, 0) is 61.2 Å². The first-order valence-electron chi connectivity index (χ1n) is 9.74. The number of aryl methyl sites for hydroxylation is 1. The summed E-state index contributed by atoms with van der Waals surface area (Å²) in [5.74, 6) is 1.32. The molecule has 4 rings (SSSR count). The summed E-state index contributed by atoms with van der Waals surface area (Å²) in [5.41, 5.74) is 4.18. The fourth-order valence-corrected chi connectivity index (χ4v) is 3.96. The van der Waals surface area contributed by atoms with E-state index in [0.717, 1.165) is 55.9 Å². The van der Waals surface area contributed by atoms with E-state index in [4.69, 9.17) is 13.9 Å². The van der Waals surface area contributed by atoms with Crippen LogP contribution >= 0.6 is 0 Å². The zero-order valence-corrected chi connectivity index (χ0v) is 16.4. The molecule has 2 heterocycles. The van der Waals surface area contributed by atoms with E-state index >= 15 is 0 Å². The van der Waals surface area contributed by atoms with Gasteiger partial charge in [0, 0.05) is 19.6 Å². The van der Waals surface area contributed by atoms with Gasteiger partial charge < -0.3 is 13.9 Å². The van der Waals surface area contributed by atoms with Crippen LogP contribution in [-0.4, -0.2) is 36.8 Å². The van der Waals surface area contributed by atoms with Crippen LogP contribution in [0.5, 0.6) is 11.5 Å². The minimum absolute atomic E-state index is 0.269. The van der Waals surface area contributed by atoms with Gasteiger partial charge in [-0.2, -0.15) is 0 Å². The number of benzene rings is 2. The van der Waals surface area contributed by atoms with E-state index in [1.807, 2.05) is 24.3 Å². The van der Waals surface area contributed by atoms with Crippen LogP contribution in [0.4, 0.5) is 0 Å². The summed E-state index contributed by atoms with van der Waals surface area (Å²) in [4.78, 5) is 14.5. The lowest BCUT2D eigenvalue weighted by molar-refractivity contribution is 0.245. The summed E-state index contributed by atoms with van der Waals surface area (Å²) >= 11 is 0. The van der Waals surface area contributed by atoms with Crippen molar-refractivity contribution in [3.05, 3.63) is 58.1 Å². The number of para-hydroxylation sites is 2. The Hall–Kier alpha value is -2.73. The molecule has 0 fully saturated rings. The molecule has 0 bridgehead atoms. The normalized spacial score (nSPS) is 14.2. The zero-order chi connectivity index (χ0) is 19.5. The van der Waals surface area contributed by atoms with Crippen molar-refractivity contribution in [2.75, 3.05) is 27.3 Å². The summed E-state index contributed by atoms with van der Waals surface area (Å²) in [7, 11) is 3.35. The molecule has 0 saturated carbocycles. The average Bonchev–Trinajstić information content (AvgIpc) is 3.05. The molecule has 0 saturated heterocycles. The van der Waals surface area contributed by atoms with Crippen LogP contribution in [-0.2, 0) is 19.5 Å². The lowest BCUT2D eigenvalue weighted by Crippen LogP contribution is -2.31. The Labute approximate surface area is 164 Å². The van der Waals surface area contributed by atoms with Gasteiger partial charge in [-0.15, -0.1) is 0 Å². The molecule has 0 amide bonds. The number of oxazole rings is 1. The maximum atomic E-state index is 12.0. The van der Waals surface area contributed by atoms with E-state index in [0.29, 0.717) is 12.1 Å². The maximum Gasteiger partial charge on any atom is 0.419 e. The number of rotatable bonds is 7. The first-order valence-corrected chi connectivity index (χ1v) is 9.74. The van der Waals surface area contributed by atoms with Gasteiger partial charge in [0.1, 0.15) is 0 Å². The Bertz CT molecular complexity index is 1020. The predicted molar refractivity (Wildman–Crippen MR) is 108 cm³/mol. The highest BCUT2D eigenvalue weighted by Crippen LogP contribution is 2.33. The molecule has 1 aromatic heterocycles. The Morgan fingerprint density at radius 3 is 2.50 bits per heavy atom. The number of methoxy groups -OCH3 is 2. The van der Waals surface area contributed by atoms with Crippen molar-refractivity contribution >= 4 is 11.1 Å². The number of aromatic nitrogens is 1. The lowest BCUT2D eigenvalue weighted by atomic mass is 9.98. The number of ether oxygens (including phenoxy) is 2. The van der Waals surface area contributed by atoms with Crippen molar-refractivity contribution in [1.82, 2.24) is 9.47 Å². The Morgan fingerprint density at radius 2 is 1.71 bits per heavy atom. The van der Waals surface area contributed by atoms with Crippen molar-refractivity contribution in [2.24, 2.45) is 0 Å². The van der Waals surface area contributed by atoms with Crippen molar-refractivity contribution in [1.29, 1.82) is 0 Å². The maximum absolute atomic E-state index is 12.0. The molecular formula is C22H26N2O4. The second-order valence-corrected chi connectivity index (χ2v) is 7.20. The van der Waals surface area contributed by atoms with Crippen LogP contribution in [0.25, 0.3) is 11.1 Å². The van der Waals surface area contributed by atoms with Crippen molar-refractivity contribution in [3.8, 4) is 11.5 Å². The molecule has 1 aliphatic rings. The number of hydrogen-bond donors (Lipinski definition) is 0. The molecule has 0 unspecified atom stereocenters. The highest BCUT2D eigenvalue weighted by molar-refractivity contribution is 5.72. The quantitative estimate of drug-likeness (QED) is 0.586. The summed E-state index contributed by atoms with van der Waals surface area (Å²) in [6.07, 6.45) is 2.99. The molecule has 28 heavy (non-hydrogen) atoms. The van der Waals surface area contributed by atoms with Crippen molar-refractivity contribution in [2.45, 2.75) is 32.4 Å². The monoisotopic (exact) mass is 382 g/mol. The topological polar surface area (TPSA) is 56.8 Å². The van der Waals surface area contributed by atoms with Gasteiger partial charge in [0.2, 0.25) is 0 Å². The first kappa shape index (κ1) is 18.6. The highest BCUT2D eigenvalue weighted by Gasteiger charge is 2.19. The highest BCUT2D eigenvalue weighted by atomic mass is 16.5. The average molecular weight is 382 g/mol. The van der Waals surface area contributed by atoms with Gasteiger partial charge in [0.25, 0.3) is 0 Å². The predicted octanol–water partition coefficient (Wildman–Crippen LogP) is 3.45. The second-order valence-electron chi connectivity index (χ2n) is 7.20. The molecule has 0 radical (unpaired) electrons. The van der Waals surface area contributed by atoms with E-state index in [9.17, 15) is 4.79 Å². The van der Waals surface area contributed by atoms with Crippen LogP contribution in [0, 0.1) is 0 Å². The van der Waals surface area contributed by atoms with Gasteiger partial charge >= 0.3 is 5.76 Å². The lowest BCUT2D eigenvalue weighted by Gasteiger charge is -2.29. The van der Waals surface area contributed by atoms with Crippen LogP contribution in [0.3, 0.4) is 0 Å². The summed E-state index contributed by atoms with van der Waals surface area (Å²) in [5, 5.41) is 0. The number of nitrogens with zero attached hydrogens (tertiary/aromatic N) is 2. The number of hydrogen-bond acceptors (Lipinski definition) is 5. The van der Waals surface area contributed by atoms with Crippen molar-refractivity contribution in [3.63, 3.8) is 0 Å². The Morgan fingerprint density at radius 1 is 1.00 bits per heavy atom. The van der Waals surface area contributed by atoms with Gasteiger partial charge in [0.15, 0.2) is 17.1 Å². The largest absolute Gasteiger partial charge is 0.493 e. The van der Waals surface area contributed by atoms with Crippen LogP contribution in [0.1, 0.15) is 24.0 Å². The Kier molecular flexibility index (Phi) is 5.39. The third-order valence-corrected chi connectivity index (χ3v) is 5.48. The van der Waals surface area contributed by atoms with Crippen LogP contribution in [0.2, 0.25) is 0 Å². The van der Waals surface area contributed by atoms with E-state index in [-0.39, 0.29) is 5.76 Å². The molecule has 0 atom stereocenters. The van der Waals surface area contributed by atoms with Crippen LogP contribution < -0.4 is 15.2 Å². The summed E-state index contributed by atoms with van der Waals surface area (Å²) in [6.45, 7) is 3.66. The SMILES string of the molecule is COc1cc2c(cc1OC)CN(CCCCn1c(=O)oc3ccccc31)CC2. The minimum atomic E-state index is -0.269. The molecule has 1 aliphatic heterocycles. The number of fused-ring (bicyclic) bond motifs is 2. The molecule has 0 aliphatic carbocycles. The fourth-order valence-electron chi connectivity index (χ4n) is 3.96. The molecule has 148 valence electrons. The van der Waals surface area contributed by atoms with Gasteiger partial charge in [-0.25, -0.2) is 4.79 Å². The molecule has 2 aromatic carbocycles. The van der Waals surface area contributed by atoms with E-state index in [1.165, 1.54) is 11.1 Å².